The zero-order valence-corrected chi connectivity index (χ0v) is 22.4. The Morgan fingerprint density at radius 2 is 2.00 bits per heavy atom. The van der Waals surface area contributed by atoms with E-state index in [-0.39, 0.29) is 24.8 Å². The molecule has 38 heavy (non-hydrogen) atoms. The number of hydrogen-bond acceptors (Lipinski definition) is 7. The van der Waals surface area contributed by atoms with Gasteiger partial charge in [0.2, 0.25) is 0 Å². The topological polar surface area (TPSA) is 72.6 Å². The third kappa shape index (κ3) is 5.44. The fourth-order valence-electron chi connectivity index (χ4n) is 5.06. The fourth-order valence-corrected chi connectivity index (χ4v) is 6.55. The number of thiazole rings is 1. The van der Waals surface area contributed by atoms with Gasteiger partial charge in [0.05, 0.1) is 22.9 Å². The number of anilines is 1. The Hall–Kier alpha value is -2.92. The van der Waals surface area contributed by atoms with Gasteiger partial charge in [-0.25, -0.2) is 4.98 Å². The molecule has 3 heterocycles. The average Bonchev–Trinajstić information content (AvgIpc) is 3.48. The van der Waals surface area contributed by atoms with Gasteiger partial charge in [0.15, 0.2) is 5.69 Å². The minimum Gasteiger partial charge on any atom is -0.391 e. The summed E-state index contributed by atoms with van der Waals surface area (Å²) in [4.78, 5) is 24.4. The highest BCUT2D eigenvalue weighted by atomic mass is 35.5. The molecule has 0 bridgehead atoms. The van der Waals surface area contributed by atoms with Gasteiger partial charge in [-0.3, -0.25) is 4.68 Å². The summed E-state index contributed by atoms with van der Waals surface area (Å²) < 4.78 is 42.3. The maximum atomic E-state index is 13.7. The lowest BCUT2D eigenvalue weighted by molar-refractivity contribution is -0.141. The highest BCUT2D eigenvalue weighted by Crippen LogP contribution is 2.41. The van der Waals surface area contributed by atoms with Crippen molar-refractivity contribution < 1.29 is 22.8 Å². The molecule has 7 nitrogen and oxygen atoms in total. The van der Waals surface area contributed by atoms with Crippen LogP contribution in [0.1, 0.15) is 64.1 Å². The molecule has 2 aromatic heterocycles. The van der Waals surface area contributed by atoms with Crippen LogP contribution >= 0.6 is 22.9 Å². The van der Waals surface area contributed by atoms with Crippen molar-refractivity contribution in [3.05, 3.63) is 61.8 Å². The van der Waals surface area contributed by atoms with E-state index in [2.05, 4.69) is 10.3 Å². The third-order valence-electron chi connectivity index (χ3n) is 7.01. The van der Waals surface area contributed by atoms with Crippen LogP contribution in [0.4, 0.5) is 18.9 Å². The molecule has 0 N–H and O–H groups in total. The van der Waals surface area contributed by atoms with Gasteiger partial charge in [0, 0.05) is 34.5 Å². The lowest BCUT2D eigenvalue weighted by atomic mass is 9.96. The molecule has 0 spiro atoms. The standard InChI is InChI=1S/C26H27ClF3N5O2S/c1-16-23(24(26(28,29)30)32-35(16)13-14-36)34-11-9-17(10-12-34)25-31-22-20(7-4-8-21(22)38-25)33-37-15-18-5-2-3-6-19(18)27/h2-3,5-6,14,17H,4,7-13,15H2,1H3. The van der Waals surface area contributed by atoms with E-state index in [1.54, 1.807) is 23.2 Å². The zero-order chi connectivity index (χ0) is 26.9. The molecule has 0 amide bonds. The molecule has 12 heteroatoms. The van der Waals surface area contributed by atoms with Crippen LogP contribution in [0.25, 0.3) is 0 Å². The summed E-state index contributed by atoms with van der Waals surface area (Å²) in [7, 11) is 0. The van der Waals surface area contributed by atoms with Gasteiger partial charge >= 0.3 is 6.18 Å². The first-order chi connectivity index (χ1) is 18.3. The molecule has 1 saturated heterocycles. The molecule has 0 unspecified atom stereocenters. The number of aryl methyl sites for hydroxylation is 1. The van der Waals surface area contributed by atoms with Crippen LogP contribution in [0.3, 0.4) is 0 Å². The number of rotatable bonds is 7. The number of nitrogens with zero attached hydrogens (tertiary/aromatic N) is 5. The second kappa shape index (κ2) is 11.1. The van der Waals surface area contributed by atoms with E-state index in [1.807, 2.05) is 24.3 Å². The van der Waals surface area contributed by atoms with Crippen molar-refractivity contribution >= 4 is 40.6 Å². The molecule has 0 saturated carbocycles. The molecule has 1 fully saturated rings. The number of aldehydes is 1. The monoisotopic (exact) mass is 565 g/mol. The lowest BCUT2D eigenvalue weighted by Crippen LogP contribution is -2.34. The van der Waals surface area contributed by atoms with Crippen molar-refractivity contribution in [3.8, 4) is 0 Å². The minimum atomic E-state index is -4.59. The maximum Gasteiger partial charge on any atom is 0.437 e. The number of benzene rings is 1. The molecule has 0 radical (unpaired) electrons. The van der Waals surface area contributed by atoms with Gasteiger partial charge in [-0.2, -0.15) is 18.3 Å². The van der Waals surface area contributed by atoms with Crippen LogP contribution < -0.4 is 4.90 Å². The van der Waals surface area contributed by atoms with Gasteiger partial charge in [-0.05, 0) is 45.1 Å². The molecule has 5 rings (SSSR count). The predicted molar refractivity (Wildman–Crippen MR) is 140 cm³/mol. The van der Waals surface area contributed by atoms with Crippen molar-refractivity contribution in [2.24, 2.45) is 5.16 Å². The van der Waals surface area contributed by atoms with Crippen LogP contribution in [-0.2, 0) is 35.4 Å². The molecule has 1 aliphatic carbocycles. The Labute approximate surface area is 227 Å². The minimum absolute atomic E-state index is 0.0707. The summed E-state index contributed by atoms with van der Waals surface area (Å²) in [5.41, 5.74) is 2.06. The van der Waals surface area contributed by atoms with E-state index in [0.29, 0.717) is 42.9 Å². The first kappa shape index (κ1) is 26.7. The Morgan fingerprint density at radius 1 is 1.24 bits per heavy atom. The van der Waals surface area contributed by atoms with Crippen LogP contribution in [-0.4, -0.2) is 39.9 Å². The number of carbonyl (C=O) groups excluding carboxylic acids is 1. The Balaban J connectivity index is 1.29. The third-order valence-corrected chi connectivity index (χ3v) is 8.65. The summed E-state index contributed by atoms with van der Waals surface area (Å²) >= 11 is 7.88. The fraction of sp³-hybridized carbons (Fsp3) is 0.462. The molecule has 3 aromatic rings. The summed E-state index contributed by atoms with van der Waals surface area (Å²) in [6, 6.07) is 7.47. The Morgan fingerprint density at radius 3 is 2.71 bits per heavy atom. The van der Waals surface area contributed by atoms with Crippen molar-refractivity contribution in [1.29, 1.82) is 0 Å². The van der Waals surface area contributed by atoms with E-state index in [0.717, 1.165) is 45.9 Å². The Bertz CT molecular complexity index is 1350. The summed E-state index contributed by atoms with van der Waals surface area (Å²) in [5, 5.41) is 9.72. The first-order valence-electron chi connectivity index (χ1n) is 12.5. The second-order valence-corrected chi connectivity index (χ2v) is 11.0. The molecular formula is C26H27ClF3N5O2S. The van der Waals surface area contributed by atoms with Crippen LogP contribution in [0.5, 0.6) is 0 Å². The number of piperidine rings is 1. The first-order valence-corrected chi connectivity index (χ1v) is 13.7. The van der Waals surface area contributed by atoms with Crippen LogP contribution in [0.2, 0.25) is 5.02 Å². The quantitative estimate of drug-likeness (QED) is 0.253. The highest BCUT2D eigenvalue weighted by Gasteiger charge is 2.41. The van der Waals surface area contributed by atoms with Crippen molar-refractivity contribution in [3.63, 3.8) is 0 Å². The van der Waals surface area contributed by atoms with E-state index < -0.39 is 11.9 Å². The van der Waals surface area contributed by atoms with Crippen LogP contribution in [0.15, 0.2) is 29.4 Å². The van der Waals surface area contributed by atoms with Crippen molar-refractivity contribution in [1.82, 2.24) is 14.8 Å². The largest absolute Gasteiger partial charge is 0.437 e. The smallest absolute Gasteiger partial charge is 0.391 e. The number of halogens is 4. The number of alkyl halides is 3. The van der Waals surface area contributed by atoms with Gasteiger partial charge in [0.25, 0.3) is 0 Å². The molecule has 202 valence electrons. The molecule has 1 aliphatic heterocycles. The number of aromatic nitrogens is 3. The van der Waals surface area contributed by atoms with Gasteiger partial charge in [0.1, 0.15) is 24.3 Å². The van der Waals surface area contributed by atoms with E-state index in [9.17, 15) is 18.0 Å². The van der Waals surface area contributed by atoms with E-state index in [1.165, 1.54) is 4.88 Å². The number of hydrogen-bond donors (Lipinski definition) is 0. The van der Waals surface area contributed by atoms with Gasteiger partial charge in [-0.1, -0.05) is 35.0 Å². The molecule has 0 atom stereocenters. The maximum absolute atomic E-state index is 13.7. The predicted octanol–water partition coefficient (Wildman–Crippen LogP) is 6.16. The molecular weight excluding hydrogens is 539 g/mol. The molecule has 2 aliphatic rings. The van der Waals surface area contributed by atoms with Gasteiger partial charge in [-0.15, -0.1) is 11.3 Å². The summed E-state index contributed by atoms with van der Waals surface area (Å²) in [5.74, 6) is 0.159. The Kier molecular flexibility index (Phi) is 7.76. The van der Waals surface area contributed by atoms with Crippen LogP contribution in [0, 0.1) is 6.92 Å². The summed E-state index contributed by atoms with van der Waals surface area (Å²) in [6.45, 7) is 2.55. The zero-order valence-electron chi connectivity index (χ0n) is 20.8. The lowest BCUT2D eigenvalue weighted by Gasteiger charge is -2.33. The van der Waals surface area contributed by atoms with Crippen molar-refractivity contribution in [2.45, 2.75) is 64.3 Å². The SMILES string of the molecule is Cc1c(N2CCC(c3nc4c(s3)CCCC4=NOCc3ccccc3Cl)CC2)c(C(F)(F)F)nn1CC=O. The number of oxime groups is 1. The molecule has 1 aromatic carbocycles. The van der Waals surface area contributed by atoms with E-state index >= 15 is 0 Å². The summed E-state index contributed by atoms with van der Waals surface area (Å²) in [6.07, 6.45) is -0.00958. The highest BCUT2D eigenvalue weighted by molar-refractivity contribution is 7.12. The van der Waals surface area contributed by atoms with Gasteiger partial charge < -0.3 is 14.5 Å². The average molecular weight is 566 g/mol. The second-order valence-electron chi connectivity index (χ2n) is 9.47. The normalized spacial score (nSPS) is 17.6. The number of carbonyl (C=O) groups is 1. The van der Waals surface area contributed by atoms with Crippen molar-refractivity contribution in [2.75, 3.05) is 18.0 Å². The number of fused-ring (bicyclic) bond motifs is 1. The van der Waals surface area contributed by atoms with E-state index in [4.69, 9.17) is 21.4 Å².